The molecule has 0 aromatic rings. The number of amides is 1. The van der Waals surface area contributed by atoms with Gasteiger partial charge in [-0.3, -0.25) is 10.2 Å². The van der Waals surface area contributed by atoms with E-state index in [4.69, 9.17) is 15.3 Å². The zero-order valence-electron chi connectivity index (χ0n) is 10.8. The van der Waals surface area contributed by atoms with Gasteiger partial charge >= 0.3 is 0 Å². The van der Waals surface area contributed by atoms with E-state index in [-0.39, 0.29) is 12.0 Å². The first-order valence-electron chi connectivity index (χ1n) is 6.44. The molecule has 1 aliphatic rings. The summed E-state index contributed by atoms with van der Waals surface area (Å²) in [5.74, 6) is 5.44. The quantitative estimate of drug-likeness (QED) is 0.398. The molecule has 3 N–H and O–H groups in total. The largest absolute Gasteiger partial charge is 0.378 e. The van der Waals surface area contributed by atoms with E-state index in [1.54, 1.807) is 0 Å². The third-order valence-corrected chi connectivity index (χ3v) is 3.35. The highest BCUT2D eigenvalue weighted by atomic mass is 16.5. The third kappa shape index (κ3) is 4.61. The summed E-state index contributed by atoms with van der Waals surface area (Å²) in [6.07, 6.45) is 3.50. The lowest BCUT2D eigenvalue weighted by Gasteiger charge is -2.16. The second kappa shape index (κ2) is 7.63. The Bertz CT molecular complexity index is 232. The van der Waals surface area contributed by atoms with Crippen LogP contribution >= 0.6 is 0 Å². The molecule has 0 aromatic carbocycles. The molecule has 2 atom stereocenters. The molecule has 5 nitrogen and oxygen atoms in total. The highest BCUT2D eigenvalue weighted by Gasteiger charge is 2.30. The fourth-order valence-electron chi connectivity index (χ4n) is 2.00. The van der Waals surface area contributed by atoms with Crippen molar-refractivity contribution in [1.82, 2.24) is 5.43 Å². The Kier molecular flexibility index (Phi) is 6.47. The van der Waals surface area contributed by atoms with E-state index in [2.05, 4.69) is 19.3 Å². The van der Waals surface area contributed by atoms with Crippen LogP contribution in [-0.2, 0) is 14.3 Å². The predicted octanol–water partition coefficient (Wildman–Crippen LogP) is 0.977. The van der Waals surface area contributed by atoms with E-state index in [0.29, 0.717) is 12.5 Å². The molecule has 5 heteroatoms. The first kappa shape index (κ1) is 14.4. The SMILES string of the molecule is CCC(CC)COCC1CCC(C(=O)NN)O1. The van der Waals surface area contributed by atoms with Crippen molar-refractivity contribution in [2.75, 3.05) is 13.2 Å². The number of rotatable bonds is 7. The number of hydrogen-bond acceptors (Lipinski definition) is 4. The number of ether oxygens (including phenoxy) is 2. The summed E-state index contributed by atoms with van der Waals surface area (Å²) in [6.45, 7) is 5.70. The molecule has 2 unspecified atom stereocenters. The molecule has 0 saturated carbocycles. The van der Waals surface area contributed by atoms with Gasteiger partial charge in [0.1, 0.15) is 6.10 Å². The van der Waals surface area contributed by atoms with E-state index < -0.39 is 6.10 Å². The van der Waals surface area contributed by atoms with Crippen LogP contribution in [0.2, 0.25) is 0 Å². The van der Waals surface area contributed by atoms with E-state index in [0.717, 1.165) is 32.3 Å². The van der Waals surface area contributed by atoms with Gasteiger partial charge in [0.05, 0.1) is 12.7 Å². The Labute approximate surface area is 103 Å². The fraction of sp³-hybridized carbons (Fsp3) is 0.917. The number of carbonyl (C=O) groups is 1. The Morgan fingerprint density at radius 1 is 1.47 bits per heavy atom. The zero-order valence-corrected chi connectivity index (χ0v) is 10.8. The Morgan fingerprint density at radius 3 is 2.76 bits per heavy atom. The van der Waals surface area contributed by atoms with Crippen LogP contribution in [0, 0.1) is 5.92 Å². The van der Waals surface area contributed by atoms with Gasteiger partial charge in [-0.2, -0.15) is 0 Å². The van der Waals surface area contributed by atoms with E-state index in [1.165, 1.54) is 0 Å². The minimum absolute atomic E-state index is 0.0339. The van der Waals surface area contributed by atoms with Gasteiger partial charge in [-0.05, 0) is 18.8 Å². The molecule has 1 rings (SSSR count). The summed E-state index contributed by atoms with van der Waals surface area (Å²) in [5.41, 5.74) is 2.12. The van der Waals surface area contributed by atoms with Crippen LogP contribution in [0.3, 0.4) is 0 Å². The molecule has 0 spiro atoms. The molecular weight excluding hydrogens is 220 g/mol. The molecule has 100 valence electrons. The van der Waals surface area contributed by atoms with Crippen LogP contribution in [0.5, 0.6) is 0 Å². The van der Waals surface area contributed by atoms with Crippen LogP contribution in [0.15, 0.2) is 0 Å². The lowest BCUT2D eigenvalue weighted by atomic mass is 10.1. The van der Waals surface area contributed by atoms with Gasteiger partial charge in [-0.25, -0.2) is 5.84 Å². The first-order valence-corrected chi connectivity index (χ1v) is 6.44. The molecule has 1 aliphatic heterocycles. The van der Waals surface area contributed by atoms with Crippen molar-refractivity contribution in [2.24, 2.45) is 11.8 Å². The average Bonchev–Trinajstić information content (AvgIpc) is 2.82. The molecule has 0 radical (unpaired) electrons. The van der Waals surface area contributed by atoms with Crippen LogP contribution in [0.1, 0.15) is 39.5 Å². The topological polar surface area (TPSA) is 73.6 Å². The number of carbonyl (C=O) groups excluding carboxylic acids is 1. The second-order valence-corrected chi connectivity index (χ2v) is 4.55. The minimum atomic E-state index is -0.401. The monoisotopic (exact) mass is 244 g/mol. The molecule has 1 amide bonds. The summed E-state index contributed by atoms with van der Waals surface area (Å²) in [7, 11) is 0. The zero-order chi connectivity index (χ0) is 12.7. The average molecular weight is 244 g/mol. The van der Waals surface area contributed by atoms with Crippen LogP contribution in [0.25, 0.3) is 0 Å². The van der Waals surface area contributed by atoms with Crippen molar-refractivity contribution in [2.45, 2.75) is 51.7 Å². The standard InChI is InChI=1S/C12H24N2O3/c1-3-9(4-2)7-16-8-10-5-6-11(17-10)12(15)14-13/h9-11H,3-8,13H2,1-2H3,(H,14,15). The maximum Gasteiger partial charge on any atom is 0.263 e. The number of hydrogen-bond donors (Lipinski definition) is 2. The Hall–Kier alpha value is -0.650. The molecule has 0 aliphatic carbocycles. The molecule has 0 bridgehead atoms. The predicted molar refractivity (Wildman–Crippen MR) is 65.1 cm³/mol. The molecular formula is C12H24N2O3. The molecule has 1 fully saturated rings. The van der Waals surface area contributed by atoms with Gasteiger partial charge in [0.15, 0.2) is 0 Å². The van der Waals surface area contributed by atoms with Gasteiger partial charge in [0.2, 0.25) is 0 Å². The highest BCUT2D eigenvalue weighted by molar-refractivity contribution is 5.80. The highest BCUT2D eigenvalue weighted by Crippen LogP contribution is 2.20. The van der Waals surface area contributed by atoms with Crippen molar-refractivity contribution >= 4 is 5.91 Å². The maximum atomic E-state index is 11.2. The summed E-state index contributed by atoms with van der Waals surface area (Å²) in [6, 6.07) is 0. The number of hydrazine groups is 1. The Balaban J connectivity index is 2.15. The van der Waals surface area contributed by atoms with Gasteiger partial charge in [0, 0.05) is 6.61 Å². The fourth-order valence-corrected chi connectivity index (χ4v) is 2.00. The molecule has 1 saturated heterocycles. The van der Waals surface area contributed by atoms with Crippen LogP contribution in [0.4, 0.5) is 0 Å². The summed E-state index contributed by atoms with van der Waals surface area (Å²) in [4.78, 5) is 11.2. The smallest absolute Gasteiger partial charge is 0.263 e. The van der Waals surface area contributed by atoms with Crippen molar-refractivity contribution in [3.05, 3.63) is 0 Å². The van der Waals surface area contributed by atoms with Gasteiger partial charge in [-0.15, -0.1) is 0 Å². The third-order valence-electron chi connectivity index (χ3n) is 3.35. The normalized spacial score (nSPS) is 24.2. The lowest BCUT2D eigenvalue weighted by molar-refractivity contribution is -0.133. The second-order valence-electron chi connectivity index (χ2n) is 4.55. The van der Waals surface area contributed by atoms with Crippen molar-refractivity contribution < 1.29 is 14.3 Å². The van der Waals surface area contributed by atoms with Crippen LogP contribution < -0.4 is 11.3 Å². The van der Waals surface area contributed by atoms with Crippen LogP contribution in [-0.4, -0.2) is 31.3 Å². The summed E-state index contributed by atoms with van der Waals surface area (Å²) in [5, 5.41) is 0. The lowest BCUT2D eigenvalue weighted by Crippen LogP contribution is -2.39. The van der Waals surface area contributed by atoms with Crippen molar-refractivity contribution in [3.63, 3.8) is 0 Å². The molecule has 17 heavy (non-hydrogen) atoms. The van der Waals surface area contributed by atoms with E-state index in [9.17, 15) is 4.79 Å². The van der Waals surface area contributed by atoms with Gasteiger partial charge in [-0.1, -0.05) is 26.7 Å². The van der Waals surface area contributed by atoms with Crippen molar-refractivity contribution in [3.8, 4) is 0 Å². The minimum Gasteiger partial charge on any atom is -0.378 e. The molecule has 0 aromatic heterocycles. The molecule has 1 heterocycles. The number of nitrogens with two attached hydrogens (primary N) is 1. The maximum absolute atomic E-state index is 11.2. The first-order chi connectivity index (χ1) is 8.21. The summed E-state index contributed by atoms with van der Waals surface area (Å²) < 4.78 is 11.2. The summed E-state index contributed by atoms with van der Waals surface area (Å²) >= 11 is 0. The van der Waals surface area contributed by atoms with Crippen molar-refractivity contribution in [1.29, 1.82) is 0 Å². The van der Waals surface area contributed by atoms with Gasteiger partial charge in [0.25, 0.3) is 5.91 Å². The number of nitrogens with one attached hydrogen (secondary N) is 1. The van der Waals surface area contributed by atoms with E-state index in [1.807, 2.05) is 0 Å². The Morgan fingerprint density at radius 2 is 2.18 bits per heavy atom. The van der Waals surface area contributed by atoms with E-state index >= 15 is 0 Å². The van der Waals surface area contributed by atoms with Gasteiger partial charge < -0.3 is 9.47 Å².